The Hall–Kier alpha value is -6.31. The monoisotopic (exact) mass is 1400 g/mol. The molecule has 10 aliphatic carbocycles. The number of rotatable bonds is 8. The second-order valence-electron chi connectivity index (χ2n) is 27.3. The third-order valence-electron chi connectivity index (χ3n) is 22.6. The maximum atomic E-state index is 8.00. The maximum Gasteiger partial charge on any atom is 0.0680 e. The van der Waals surface area contributed by atoms with Crippen molar-refractivity contribution in [3.05, 3.63) is 333 Å². The van der Waals surface area contributed by atoms with Crippen LogP contribution >= 0.6 is 105 Å². The first-order valence-corrected chi connectivity index (χ1v) is 39.0. The molecule has 0 N–H and O–H groups in total. The van der Waals surface area contributed by atoms with Crippen LogP contribution in [0.25, 0.3) is 67.8 Å². The van der Waals surface area contributed by atoms with Crippen LogP contribution in [0.1, 0.15) is 100 Å². The van der Waals surface area contributed by atoms with Gasteiger partial charge in [-0.15, -0.1) is 0 Å². The average Bonchev–Trinajstić information content (AvgIpc) is 1.58. The molecule has 0 fully saturated rings. The molecule has 7 aromatic rings. The van der Waals surface area contributed by atoms with E-state index in [0.29, 0.717) is 30.1 Å². The van der Waals surface area contributed by atoms with Crippen molar-refractivity contribution in [1.29, 1.82) is 0 Å². The van der Waals surface area contributed by atoms with Crippen molar-refractivity contribution in [2.24, 2.45) is 11.8 Å². The Morgan fingerprint density at radius 2 is 0.611 bits per heavy atom. The lowest BCUT2D eigenvalue weighted by atomic mass is 9.71. The van der Waals surface area contributed by atoms with Gasteiger partial charge in [0.1, 0.15) is 0 Å². The summed E-state index contributed by atoms with van der Waals surface area (Å²) < 4.78 is 0. The molecule has 0 spiro atoms. The van der Waals surface area contributed by atoms with Crippen LogP contribution in [-0.4, -0.2) is 0 Å². The first-order chi connectivity index (χ1) is 46.6. The Kier molecular flexibility index (Phi) is 14.0. The zero-order valence-electron chi connectivity index (χ0n) is 51.7. The molecule has 2 atom stereocenters. The summed E-state index contributed by atoms with van der Waals surface area (Å²) in [6.45, 7) is 0. The zero-order chi connectivity index (χ0) is 63.2. The van der Waals surface area contributed by atoms with Crippen molar-refractivity contribution in [2.45, 2.75) is 85.9 Å². The molecule has 2 unspecified atom stereocenters. The molecular formula is C86H58Cl6S3. The second kappa shape index (κ2) is 22.6. The minimum Gasteiger partial charge on any atom is -0.152 e. The summed E-state index contributed by atoms with van der Waals surface area (Å²) in [5.74, 6) is 4.86. The summed E-state index contributed by atoms with van der Waals surface area (Å²) >= 11 is 53.7. The van der Waals surface area contributed by atoms with Crippen molar-refractivity contribution < 1.29 is 0 Å². The summed E-state index contributed by atoms with van der Waals surface area (Å²) in [4.78, 5) is 0. The van der Waals surface area contributed by atoms with Crippen LogP contribution in [0.5, 0.6) is 0 Å². The Bertz CT molecular complexity index is 4900. The Morgan fingerprint density at radius 3 is 0.979 bits per heavy atom. The highest BCUT2D eigenvalue weighted by atomic mass is 35.5. The molecule has 0 radical (unpaired) electrons. The highest BCUT2D eigenvalue weighted by Crippen LogP contribution is 2.61. The van der Waals surface area contributed by atoms with Gasteiger partial charge >= 0.3 is 0 Å². The van der Waals surface area contributed by atoms with E-state index in [-0.39, 0.29) is 11.8 Å². The first kappa shape index (κ1) is 58.8. The number of fused-ring (bicyclic) bond motifs is 3. The number of hydrogen-bond donors (Lipinski definition) is 0. The fourth-order valence-electron chi connectivity index (χ4n) is 18.4. The lowest BCUT2D eigenvalue weighted by molar-refractivity contribution is 0.869. The smallest absolute Gasteiger partial charge is 0.0680 e. The van der Waals surface area contributed by atoms with E-state index in [4.69, 9.17) is 69.6 Å². The lowest BCUT2D eigenvalue weighted by Gasteiger charge is -2.33. The fourth-order valence-corrected chi connectivity index (χ4v) is 23.6. The zero-order valence-corrected chi connectivity index (χ0v) is 58.7. The molecule has 3 aliphatic heterocycles. The van der Waals surface area contributed by atoms with Gasteiger partial charge in [0.25, 0.3) is 0 Å². The number of halogens is 6. The van der Waals surface area contributed by atoms with Crippen molar-refractivity contribution in [2.75, 3.05) is 0 Å². The van der Waals surface area contributed by atoms with Crippen molar-refractivity contribution >= 4 is 128 Å². The molecule has 0 bridgehead atoms. The van der Waals surface area contributed by atoms with E-state index in [0.717, 1.165) is 142 Å². The van der Waals surface area contributed by atoms with Crippen LogP contribution in [0.2, 0.25) is 30.1 Å². The predicted molar refractivity (Wildman–Crippen MR) is 410 cm³/mol. The van der Waals surface area contributed by atoms with Gasteiger partial charge in [-0.1, -0.05) is 227 Å². The van der Waals surface area contributed by atoms with E-state index in [1.165, 1.54) is 145 Å². The van der Waals surface area contributed by atoms with Crippen LogP contribution in [0.15, 0.2) is 202 Å². The molecule has 7 aromatic carbocycles. The van der Waals surface area contributed by atoms with Gasteiger partial charge in [0.2, 0.25) is 0 Å². The summed E-state index contributed by atoms with van der Waals surface area (Å²) in [5.41, 5.74) is 45.0. The molecular weight excluding hydrogens is 1340 g/mol. The van der Waals surface area contributed by atoms with E-state index < -0.39 is 0 Å². The summed E-state index contributed by atoms with van der Waals surface area (Å²) in [6.07, 6.45) is 49.4. The van der Waals surface area contributed by atoms with Crippen molar-refractivity contribution in [1.82, 2.24) is 0 Å². The summed E-state index contributed by atoms with van der Waals surface area (Å²) in [6, 6.07) is 23.9. The Morgan fingerprint density at radius 1 is 0.316 bits per heavy atom. The highest BCUT2D eigenvalue weighted by Gasteiger charge is 2.39. The van der Waals surface area contributed by atoms with Crippen LogP contribution in [0, 0.1) is 11.8 Å². The van der Waals surface area contributed by atoms with Gasteiger partial charge in [-0.2, -0.15) is 35.3 Å². The van der Waals surface area contributed by atoms with Gasteiger partial charge in [0, 0.05) is 68.6 Å². The van der Waals surface area contributed by atoms with E-state index >= 15 is 0 Å². The van der Waals surface area contributed by atoms with E-state index in [1.54, 1.807) is 0 Å². The van der Waals surface area contributed by atoms with Gasteiger partial charge in [-0.25, -0.2) is 0 Å². The van der Waals surface area contributed by atoms with Crippen LogP contribution in [-0.2, 0) is 85.9 Å². The molecule has 13 aliphatic rings. The quantitative estimate of drug-likeness (QED) is 0.139. The SMILES string of the molecule is Clc1c(Cl)c(-c2c(Cl)c(Cl)c(-c3c(Cl)c(Cl)c(C=C(C4=C5C=CC=C6C=CC=C(C=C4)C65)c4cc5c6c(c4)CCc4cccc(c4-6)CC5)c4c3CSC4)c3c2CSC3)c2c(c1C=C(C1=C3C=CC=C4C=CC=C(C=C1)C43)c1cc3c4c(c1)CCc1cccc(c1-4)CC3)CSC2. The predicted octanol–water partition coefficient (Wildman–Crippen LogP) is 24.9. The molecule has 0 aromatic heterocycles. The number of thioether (sulfide) groups is 3. The van der Waals surface area contributed by atoms with E-state index in [1.807, 2.05) is 35.3 Å². The first-order valence-electron chi connectivity index (χ1n) is 33.3. The summed E-state index contributed by atoms with van der Waals surface area (Å²) in [5, 5.41) is 3.01. The van der Waals surface area contributed by atoms with Gasteiger partial charge in [0.05, 0.1) is 30.1 Å². The molecule has 0 amide bonds. The third kappa shape index (κ3) is 8.85. The van der Waals surface area contributed by atoms with Crippen LogP contribution in [0.3, 0.4) is 0 Å². The maximum absolute atomic E-state index is 8.00. The minimum absolute atomic E-state index is 0.157. The largest absolute Gasteiger partial charge is 0.152 e. The van der Waals surface area contributed by atoms with Gasteiger partial charge in [-0.3, -0.25) is 0 Å². The topological polar surface area (TPSA) is 0 Å². The van der Waals surface area contributed by atoms with Crippen molar-refractivity contribution in [3.63, 3.8) is 0 Å². The number of benzene rings is 7. The highest BCUT2D eigenvalue weighted by molar-refractivity contribution is 7.98. The molecule has 3 heterocycles. The van der Waals surface area contributed by atoms with Gasteiger partial charge in [-0.05, 0) is 242 Å². The van der Waals surface area contributed by atoms with E-state index in [2.05, 4.69) is 170 Å². The Balaban J connectivity index is 0.743. The molecule has 0 saturated carbocycles. The number of allylic oxidation sites excluding steroid dienone is 26. The minimum atomic E-state index is 0.157. The molecule has 0 nitrogen and oxygen atoms in total. The lowest BCUT2D eigenvalue weighted by Crippen LogP contribution is -2.18. The molecule has 20 rings (SSSR count). The second-order valence-corrected chi connectivity index (χ2v) is 32.5. The molecule has 0 saturated heterocycles. The van der Waals surface area contributed by atoms with Crippen molar-refractivity contribution in [3.8, 4) is 44.5 Å². The molecule has 9 heteroatoms. The number of aryl methyl sites for hydroxylation is 8. The van der Waals surface area contributed by atoms with Gasteiger partial charge in [0.15, 0.2) is 0 Å². The van der Waals surface area contributed by atoms with Crippen LogP contribution < -0.4 is 0 Å². The summed E-state index contributed by atoms with van der Waals surface area (Å²) in [7, 11) is 0. The average molecular weight is 1400 g/mol. The third-order valence-corrected chi connectivity index (χ3v) is 28.2. The van der Waals surface area contributed by atoms with Gasteiger partial charge < -0.3 is 0 Å². The fraction of sp³-hybridized carbons (Fsp3) is 0.186. The van der Waals surface area contributed by atoms with Crippen LogP contribution in [0.4, 0.5) is 0 Å². The molecule has 95 heavy (non-hydrogen) atoms. The normalized spacial score (nSPS) is 20.5. The standard InChI is InChI=1S/C86H58Cl6S3/c87-81-63(35-61(57-29-27-45-9-1-7-43-15-5-17-59(57)71(43)45)55-31-51-23-19-47-11-3-12-48-20-24-52(32-55)75(51)73(47)48)65-37-93-39-67(65)77(83(81)89)79-69-41-95-42-70(69)80(86(92)85(79)91)78-68-40-94-38-66(68)64(82(88)84(78)90)36-62(58-30-28-46-10-2-8-44-16-6-18-60(58)72(44)46)56-33-53-25-21-49-13-4-14-50-22-26-54(34-56)76(53)74(49)50/h1-18,27-36,71-72H,19-26,37-42H2. The number of hydrogen-bond acceptors (Lipinski definition) is 3. The Labute approximate surface area is 597 Å². The molecule has 462 valence electrons. The van der Waals surface area contributed by atoms with E-state index in [9.17, 15) is 0 Å².